The van der Waals surface area contributed by atoms with Crippen molar-refractivity contribution < 1.29 is 51.0 Å². The summed E-state index contributed by atoms with van der Waals surface area (Å²) in [7, 11) is 0. The van der Waals surface area contributed by atoms with Gasteiger partial charge in [-0.15, -0.1) is 71.8 Å². The van der Waals surface area contributed by atoms with Gasteiger partial charge < -0.3 is 24.0 Å². The maximum absolute atomic E-state index is 6.41. The van der Waals surface area contributed by atoms with Crippen LogP contribution >= 0.6 is 0 Å². The van der Waals surface area contributed by atoms with Crippen molar-refractivity contribution in [2.24, 2.45) is 0 Å². The Labute approximate surface area is 382 Å². The molecule has 61 heavy (non-hydrogen) atoms. The van der Waals surface area contributed by atoms with Gasteiger partial charge in [-0.3, -0.25) is 0 Å². The van der Waals surface area contributed by atoms with E-state index in [-0.39, 0.29) is 41.5 Å². The first-order valence-corrected chi connectivity index (χ1v) is 19.2. The Morgan fingerprint density at radius 1 is 0.459 bits per heavy atom. The summed E-state index contributed by atoms with van der Waals surface area (Å²) < 4.78 is 14.7. The number of aryl methyl sites for hydroxylation is 2. The first kappa shape index (κ1) is 41.2. The molecule has 0 unspecified atom stereocenters. The Kier molecular flexibility index (Phi) is 12.1. The number of ether oxygens (including phenoxy) is 2. The van der Waals surface area contributed by atoms with Gasteiger partial charge in [-0.1, -0.05) is 96.0 Å². The third-order valence-electron chi connectivity index (χ3n) is 10.2. The zero-order valence-corrected chi connectivity index (χ0v) is 36.6. The number of nitrogens with zero attached hydrogens (tertiary/aromatic N) is 5. The van der Waals surface area contributed by atoms with Gasteiger partial charge in [0, 0.05) is 58.9 Å². The fourth-order valence-corrected chi connectivity index (χ4v) is 7.35. The van der Waals surface area contributed by atoms with Gasteiger partial charge in [-0.2, -0.15) is 22.9 Å². The molecule has 0 aliphatic carbocycles. The van der Waals surface area contributed by atoms with Gasteiger partial charge in [-0.05, 0) is 53.6 Å². The van der Waals surface area contributed by atoms with Crippen LogP contribution in [0.3, 0.4) is 0 Å². The number of benzene rings is 6. The van der Waals surface area contributed by atoms with Crippen LogP contribution < -0.4 is 9.47 Å². The summed E-state index contributed by atoms with van der Waals surface area (Å²) in [6, 6.07) is 59.8. The minimum atomic E-state index is 0. The Hall–Kier alpha value is -6.55. The predicted octanol–water partition coefficient (Wildman–Crippen LogP) is 12.4. The molecule has 0 N–H and O–H groups in total. The largest absolute Gasteiger partial charge is 2.00 e. The van der Waals surface area contributed by atoms with E-state index in [0.717, 1.165) is 77.7 Å². The van der Waals surface area contributed by atoms with E-state index in [0.29, 0.717) is 28.9 Å². The van der Waals surface area contributed by atoms with Crippen molar-refractivity contribution in [2.45, 2.75) is 13.8 Å². The van der Waals surface area contributed by atoms with E-state index in [4.69, 9.17) is 19.4 Å². The molecule has 0 fully saturated rings. The summed E-state index contributed by atoms with van der Waals surface area (Å²) >= 11 is 0. The van der Waals surface area contributed by atoms with Gasteiger partial charge in [-0.25, -0.2) is 9.97 Å². The van der Waals surface area contributed by atoms with E-state index in [2.05, 4.69) is 84.5 Å². The maximum atomic E-state index is 6.41. The van der Waals surface area contributed by atoms with Crippen molar-refractivity contribution in [3.05, 3.63) is 200 Å². The van der Waals surface area contributed by atoms with E-state index < -0.39 is 0 Å². The fraction of sp³-hybridized carbons (Fsp3) is 0.0385. The average molecular weight is 1060 g/mol. The second-order valence-electron chi connectivity index (χ2n) is 14.1. The monoisotopic (exact) mass is 1060 g/mol. The number of fused-ring (bicyclic) bond motifs is 3. The zero-order valence-electron chi connectivity index (χ0n) is 32.8. The number of pyridine rings is 2. The predicted molar refractivity (Wildman–Crippen MR) is 232 cm³/mol. The topological polar surface area (TPSA) is 75.0 Å². The minimum Gasteiger partial charge on any atom is -0.503 e. The van der Waals surface area contributed by atoms with Crippen LogP contribution in [0.1, 0.15) is 11.1 Å². The van der Waals surface area contributed by atoms with E-state index in [1.165, 1.54) is 0 Å². The standard InChI is InChI=1S/C52H33N5O2.Pd.Pt/c1-34-26-48(55-32-46(34)36-12-5-3-6-13-36)38-16-9-18-40(28-38)58-42-20-22-44-45-23-21-43(31-51(45)57(50(44)30-42)52-53-24-11-25-54-52)59-41-19-10-17-39(29-41)49-27-35(2)47(33-56-49)37-14-7-4-8-15-37;;/h3-27,32-33H,1-2H3;;/q-4;2*+2. The van der Waals surface area contributed by atoms with Crippen molar-refractivity contribution >= 4 is 21.8 Å². The molecule has 0 spiro atoms. The molecule has 0 atom stereocenters. The molecular formula is C52H33N5O2PdPt. The number of hydrogen-bond acceptors (Lipinski definition) is 6. The van der Waals surface area contributed by atoms with Crippen LogP contribution in [0.25, 0.3) is 72.5 Å². The van der Waals surface area contributed by atoms with E-state index in [9.17, 15) is 0 Å². The first-order valence-electron chi connectivity index (χ1n) is 19.2. The molecule has 0 aliphatic heterocycles. The zero-order chi connectivity index (χ0) is 39.7. The summed E-state index contributed by atoms with van der Waals surface area (Å²) in [4.78, 5) is 18.8. The van der Waals surface area contributed by atoms with Crippen molar-refractivity contribution in [1.82, 2.24) is 24.5 Å². The van der Waals surface area contributed by atoms with Crippen LogP contribution in [0.4, 0.5) is 0 Å². The van der Waals surface area contributed by atoms with E-state index >= 15 is 0 Å². The van der Waals surface area contributed by atoms with Gasteiger partial charge in [0.1, 0.15) is 0 Å². The molecule has 0 amide bonds. The molecule has 4 heterocycles. The molecule has 0 radical (unpaired) electrons. The van der Waals surface area contributed by atoms with Gasteiger partial charge >= 0.3 is 41.5 Å². The molecule has 0 aliphatic rings. The Morgan fingerprint density at radius 2 is 0.902 bits per heavy atom. The number of rotatable bonds is 9. The maximum Gasteiger partial charge on any atom is 2.00 e. The molecular weight excluding hydrogens is 1030 g/mol. The smallest absolute Gasteiger partial charge is 0.503 e. The van der Waals surface area contributed by atoms with Gasteiger partial charge in [0.2, 0.25) is 5.95 Å². The second-order valence-corrected chi connectivity index (χ2v) is 14.1. The average Bonchev–Trinajstić information content (AvgIpc) is 3.60. The molecule has 7 nitrogen and oxygen atoms in total. The number of aromatic nitrogens is 5. The second kappa shape index (κ2) is 18.0. The van der Waals surface area contributed by atoms with E-state index in [1.54, 1.807) is 18.5 Å². The van der Waals surface area contributed by atoms with Crippen molar-refractivity contribution in [3.63, 3.8) is 0 Å². The summed E-state index contributed by atoms with van der Waals surface area (Å²) in [5, 5.41) is 1.87. The van der Waals surface area contributed by atoms with Gasteiger partial charge in [0.05, 0.1) is 0 Å². The summed E-state index contributed by atoms with van der Waals surface area (Å²) in [5.41, 5.74) is 11.5. The molecule has 0 saturated carbocycles. The third-order valence-corrected chi connectivity index (χ3v) is 10.2. The van der Waals surface area contributed by atoms with Crippen LogP contribution in [0.2, 0.25) is 0 Å². The van der Waals surface area contributed by atoms with Gasteiger partial charge in [0.15, 0.2) is 0 Å². The molecule has 10 aromatic rings. The normalized spacial score (nSPS) is 10.9. The minimum absolute atomic E-state index is 0. The molecule has 0 saturated heterocycles. The van der Waals surface area contributed by atoms with Crippen LogP contribution in [-0.4, -0.2) is 24.5 Å². The summed E-state index contributed by atoms with van der Waals surface area (Å²) in [6.07, 6.45) is 7.26. The molecule has 0 bridgehead atoms. The Morgan fingerprint density at radius 3 is 1.34 bits per heavy atom. The number of hydrogen-bond donors (Lipinski definition) is 0. The van der Waals surface area contributed by atoms with Crippen LogP contribution in [0.15, 0.2) is 164 Å². The van der Waals surface area contributed by atoms with Gasteiger partial charge in [0.25, 0.3) is 0 Å². The van der Waals surface area contributed by atoms with Crippen LogP contribution in [0, 0.1) is 38.1 Å². The Bertz CT molecular complexity index is 2950. The molecule has 10 rings (SSSR count). The quantitative estimate of drug-likeness (QED) is 0.106. The Balaban J connectivity index is 0.00000257. The summed E-state index contributed by atoms with van der Waals surface area (Å²) in [5.74, 6) is 2.58. The van der Waals surface area contributed by atoms with Crippen LogP contribution in [-0.2, 0) is 41.5 Å². The molecule has 4 aromatic heterocycles. The van der Waals surface area contributed by atoms with Crippen LogP contribution in [0.5, 0.6) is 23.0 Å². The first-order chi connectivity index (χ1) is 29.0. The molecule has 6 aromatic carbocycles. The van der Waals surface area contributed by atoms with E-state index in [1.807, 2.05) is 114 Å². The third kappa shape index (κ3) is 8.44. The molecule has 9 heteroatoms. The van der Waals surface area contributed by atoms with Crippen molar-refractivity contribution in [1.29, 1.82) is 0 Å². The SMILES string of the molecule is Cc1cc(-c2[c-]c(Oc3[c-]c4c(cc3)c3ccc(Oc5[c-]c(-c6cc(C)c(-c7ccccc7)cn6)ccc5)[c-]c3n4-c3ncccn3)ccc2)ncc1-c1ccccc1.[Pd+2].[Pt+2]. The summed E-state index contributed by atoms with van der Waals surface area (Å²) in [6.45, 7) is 4.20. The fourth-order valence-electron chi connectivity index (χ4n) is 7.35. The van der Waals surface area contributed by atoms with Crippen molar-refractivity contribution in [3.8, 4) is 73.7 Å². The van der Waals surface area contributed by atoms with Crippen molar-refractivity contribution in [2.75, 3.05) is 0 Å². The molecule has 298 valence electrons.